The Kier molecular flexibility index (Phi) is 5.38. The molecule has 1 saturated heterocycles. The van der Waals surface area contributed by atoms with E-state index >= 15 is 0 Å². The van der Waals surface area contributed by atoms with Crippen LogP contribution in [0.25, 0.3) is 0 Å². The first-order valence-electron chi connectivity index (χ1n) is 6.38. The quantitative estimate of drug-likeness (QED) is 0.858. The predicted molar refractivity (Wildman–Crippen MR) is 80.3 cm³/mol. The number of methoxy groups -OCH3 is 1. The van der Waals surface area contributed by atoms with Gasteiger partial charge in [0.25, 0.3) is 0 Å². The molecule has 0 aromatic carbocycles. The van der Waals surface area contributed by atoms with E-state index in [0.29, 0.717) is 13.2 Å². The lowest BCUT2D eigenvalue weighted by Gasteiger charge is -2.35. The molecule has 4 nitrogen and oxygen atoms in total. The van der Waals surface area contributed by atoms with Gasteiger partial charge < -0.3 is 15.4 Å². The Labute approximate surface area is 126 Å². The molecule has 0 saturated carbocycles. The van der Waals surface area contributed by atoms with E-state index in [4.69, 9.17) is 4.74 Å². The number of hydrogen-bond donors (Lipinski definition) is 2. The zero-order valence-electron chi connectivity index (χ0n) is 11.0. The molecule has 0 spiro atoms. The number of nitrogens with one attached hydrogen (secondary N) is 2. The molecular formula is C13H19BrN2O2S. The van der Waals surface area contributed by atoms with Gasteiger partial charge in [-0.2, -0.15) is 0 Å². The molecule has 0 bridgehead atoms. The SMILES string of the molecule is COCC1(C(=O)NCc2sccc2Br)CCNCC1. The van der Waals surface area contributed by atoms with E-state index in [9.17, 15) is 4.79 Å². The number of amides is 1. The van der Waals surface area contributed by atoms with E-state index in [1.807, 2.05) is 11.4 Å². The third-order valence-corrected chi connectivity index (χ3v) is 5.49. The maximum absolute atomic E-state index is 12.5. The van der Waals surface area contributed by atoms with Crippen molar-refractivity contribution < 1.29 is 9.53 Å². The van der Waals surface area contributed by atoms with Crippen molar-refractivity contribution in [1.82, 2.24) is 10.6 Å². The van der Waals surface area contributed by atoms with E-state index in [-0.39, 0.29) is 11.3 Å². The fourth-order valence-electron chi connectivity index (χ4n) is 2.42. The standard InChI is InChI=1S/C13H19BrN2O2S/c1-18-9-13(3-5-15-6-4-13)12(17)16-8-11-10(14)2-7-19-11/h2,7,15H,3-6,8-9H2,1H3,(H,16,17). The summed E-state index contributed by atoms with van der Waals surface area (Å²) in [6, 6.07) is 2.00. The van der Waals surface area contributed by atoms with Crippen LogP contribution in [-0.2, 0) is 16.1 Å². The van der Waals surface area contributed by atoms with Gasteiger partial charge >= 0.3 is 0 Å². The summed E-state index contributed by atoms with van der Waals surface area (Å²) >= 11 is 5.13. The minimum Gasteiger partial charge on any atom is -0.384 e. The van der Waals surface area contributed by atoms with Crippen LogP contribution in [0, 0.1) is 5.41 Å². The van der Waals surface area contributed by atoms with E-state index in [0.717, 1.165) is 35.3 Å². The number of hydrogen-bond acceptors (Lipinski definition) is 4. The smallest absolute Gasteiger partial charge is 0.228 e. The highest BCUT2D eigenvalue weighted by Gasteiger charge is 2.39. The maximum Gasteiger partial charge on any atom is 0.228 e. The Balaban J connectivity index is 1.97. The molecule has 1 aliphatic heterocycles. The summed E-state index contributed by atoms with van der Waals surface area (Å²) in [6.45, 7) is 2.82. The maximum atomic E-state index is 12.5. The summed E-state index contributed by atoms with van der Waals surface area (Å²) in [4.78, 5) is 13.6. The zero-order valence-corrected chi connectivity index (χ0v) is 13.4. The third-order valence-electron chi connectivity index (χ3n) is 3.56. The van der Waals surface area contributed by atoms with Crippen LogP contribution in [0.1, 0.15) is 17.7 Å². The normalized spacial score (nSPS) is 18.2. The molecule has 2 heterocycles. The van der Waals surface area contributed by atoms with Crippen molar-refractivity contribution in [2.45, 2.75) is 19.4 Å². The van der Waals surface area contributed by atoms with Gasteiger partial charge in [-0.1, -0.05) is 0 Å². The second kappa shape index (κ2) is 6.83. The molecule has 0 aliphatic carbocycles. The van der Waals surface area contributed by atoms with Gasteiger partial charge in [-0.15, -0.1) is 11.3 Å². The Hall–Kier alpha value is -0.430. The molecule has 0 radical (unpaired) electrons. The van der Waals surface area contributed by atoms with Gasteiger partial charge in [-0.3, -0.25) is 4.79 Å². The van der Waals surface area contributed by atoms with Crippen molar-refractivity contribution in [2.24, 2.45) is 5.41 Å². The lowest BCUT2D eigenvalue weighted by atomic mass is 9.78. The molecule has 1 aliphatic rings. The minimum absolute atomic E-state index is 0.108. The van der Waals surface area contributed by atoms with Crippen molar-refractivity contribution in [3.63, 3.8) is 0 Å². The number of halogens is 1. The topological polar surface area (TPSA) is 50.4 Å². The summed E-state index contributed by atoms with van der Waals surface area (Å²) in [5.74, 6) is 0.108. The molecule has 1 amide bonds. The lowest BCUT2D eigenvalue weighted by Crippen LogP contribution is -2.49. The number of carbonyl (C=O) groups is 1. The highest BCUT2D eigenvalue weighted by Crippen LogP contribution is 2.30. The minimum atomic E-state index is -0.371. The molecule has 6 heteroatoms. The first-order chi connectivity index (χ1) is 9.18. The number of ether oxygens (including phenoxy) is 1. The molecule has 2 N–H and O–H groups in total. The van der Waals surface area contributed by atoms with E-state index in [1.165, 1.54) is 0 Å². The number of thiophene rings is 1. The molecule has 106 valence electrons. The molecule has 1 aromatic heterocycles. The number of piperidine rings is 1. The van der Waals surface area contributed by atoms with Gasteiger partial charge in [0.05, 0.1) is 18.6 Å². The van der Waals surface area contributed by atoms with Crippen LogP contribution < -0.4 is 10.6 Å². The molecule has 19 heavy (non-hydrogen) atoms. The number of rotatable bonds is 5. The van der Waals surface area contributed by atoms with Crippen molar-refractivity contribution in [1.29, 1.82) is 0 Å². The molecule has 0 atom stereocenters. The van der Waals surface area contributed by atoms with Crippen molar-refractivity contribution in [2.75, 3.05) is 26.8 Å². The Bertz CT molecular complexity index is 425. The van der Waals surface area contributed by atoms with Crippen molar-refractivity contribution in [3.05, 3.63) is 20.8 Å². The first-order valence-corrected chi connectivity index (χ1v) is 8.05. The van der Waals surface area contributed by atoms with Gasteiger partial charge in [0, 0.05) is 16.5 Å². The van der Waals surface area contributed by atoms with Crippen LogP contribution in [0.3, 0.4) is 0 Å². The van der Waals surface area contributed by atoms with Crippen LogP contribution in [0.5, 0.6) is 0 Å². The predicted octanol–water partition coefficient (Wildman–Crippen LogP) is 2.14. The zero-order chi connectivity index (χ0) is 13.7. The lowest BCUT2D eigenvalue weighted by molar-refractivity contribution is -0.136. The average molecular weight is 347 g/mol. The summed E-state index contributed by atoms with van der Waals surface area (Å²) in [5, 5.41) is 8.36. The van der Waals surface area contributed by atoms with Crippen LogP contribution in [0.4, 0.5) is 0 Å². The van der Waals surface area contributed by atoms with Gasteiger partial charge in [-0.25, -0.2) is 0 Å². The molecule has 1 aromatic rings. The summed E-state index contributed by atoms with van der Waals surface area (Å²) < 4.78 is 6.33. The molecule has 1 fully saturated rings. The fourth-order valence-corrected chi connectivity index (χ4v) is 3.85. The second-order valence-electron chi connectivity index (χ2n) is 4.84. The van der Waals surface area contributed by atoms with E-state index in [2.05, 4.69) is 26.6 Å². The molecular weight excluding hydrogens is 328 g/mol. The largest absolute Gasteiger partial charge is 0.384 e. The Morgan fingerprint density at radius 2 is 2.32 bits per heavy atom. The van der Waals surface area contributed by atoms with Gasteiger partial charge in [0.2, 0.25) is 5.91 Å². The van der Waals surface area contributed by atoms with Gasteiger partial charge in [0.15, 0.2) is 0 Å². The van der Waals surface area contributed by atoms with Gasteiger partial charge in [-0.05, 0) is 53.3 Å². The van der Waals surface area contributed by atoms with Crippen molar-refractivity contribution in [3.8, 4) is 0 Å². The van der Waals surface area contributed by atoms with Crippen LogP contribution in [-0.4, -0.2) is 32.7 Å². The Morgan fingerprint density at radius 1 is 1.58 bits per heavy atom. The number of carbonyl (C=O) groups excluding carboxylic acids is 1. The van der Waals surface area contributed by atoms with Crippen molar-refractivity contribution >= 4 is 33.2 Å². The molecule has 0 unspecified atom stereocenters. The highest BCUT2D eigenvalue weighted by molar-refractivity contribution is 9.10. The van der Waals surface area contributed by atoms with E-state index in [1.54, 1.807) is 18.4 Å². The van der Waals surface area contributed by atoms with Gasteiger partial charge in [0.1, 0.15) is 0 Å². The monoisotopic (exact) mass is 346 g/mol. The van der Waals surface area contributed by atoms with E-state index < -0.39 is 0 Å². The fraction of sp³-hybridized carbons (Fsp3) is 0.615. The van der Waals surface area contributed by atoms with Crippen LogP contribution >= 0.6 is 27.3 Å². The first kappa shape index (κ1) is 15.0. The second-order valence-corrected chi connectivity index (χ2v) is 6.69. The van der Waals surface area contributed by atoms with Crippen LogP contribution in [0.15, 0.2) is 15.9 Å². The average Bonchev–Trinajstić information content (AvgIpc) is 2.83. The summed E-state index contributed by atoms with van der Waals surface area (Å²) in [6.07, 6.45) is 1.66. The highest BCUT2D eigenvalue weighted by atomic mass is 79.9. The molecule has 2 rings (SSSR count). The third kappa shape index (κ3) is 3.56. The summed E-state index contributed by atoms with van der Waals surface area (Å²) in [7, 11) is 1.66. The Morgan fingerprint density at radius 3 is 2.89 bits per heavy atom. The van der Waals surface area contributed by atoms with Crippen LogP contribution in [0.2, 0.25) is 0 Å². The summed E-state index contributed by atoms with van der Waals surface area (Å²) in [5.41, 5.74) is -0.371.